The van der Waals surface area contributed by atoms with E-state index in [1.54, 1.807) is 0 Å². The number of carbonyl (C=O) groups is 1. The second-order valence-electron chi connectivity index (χ2n) is 6.84. The molecule has 1 aromatic carbocycles. The van der Waals surface area contributed by atoms with Gasteiger partial charge in [0.2, 0.25) is 0 Å². The van der Waals surface area contributed by atoms with Crippen LogP contribution in [-0.4, -0.2) is 30.4 Å². The van der Waals surface area contributed by atoms with Crippen molar-refractivity contribution in [2.75, 3.05) is 19.6 Å². The average Bonchev–Trinajstić information content (AvgIpc) is 2.88. The first-order chi connectivity index (χ1) is 9.41. The molecule has 3 nitrogen and oxygen atoms in total. The molecule has 1 saturated heterocycles. The zero-order valence-electron chi connectivity index (χ0n) is 12.9. The summed E-state index contributed by atoms with van der Waals surface area (Å²) in [6.07, 6.45) is 1.93. The minimum Gasteiger partial charge on any atom is -0.338 e. The van der Waals surface area contributed by atoms with Crippen molar-refractivity contribution in [3.05, 3.63) is 35.4 Å². The van der Waals surface area contributed by atoms with Gasteiger partial charge in [-0.25, -0.2) is 0 Å². The maximum atomic E-state index is 12.6. The van der Waals surface area contributed by atoms with Crippen LogP contribution in [0, 0.1) is 11.3 Å². The fourth-order valence-electron chi connectivity index (χ4n) is 2.86. The van der Waals surface area contributed by atoms with Gasteiger partial charge in [0.15, 0.2) is 0 Å². The predicted molar refractivity (Wildman–Crippen MR) is 82.7 cm³/mol. The van der Waals surface area contributed by atoms with E-state index in [-0.39, 0.29) is 11.3 Å². The Kier molecular flexibility index (Phi) is 4.48. The summed E-state index contributed by atoms with van der Waals surface area (Å²) in [6.45, 7) is 9.15. The lowest BCUT2D eigenvalue weighted by molar-refractivity contribution is 0.0776. The number of rotatable bonds is 3. The number of hydrogen-bond acceptors (Lipinski definition) is 2. The number of nitrogens with two attached hydrogens (primary N) is 1. The molecule has 0 saturated carbocycles. The molecular formula is C17H26N2O. The Morgan fingerprint density at radius 1 is 1.40 bits per heavy atom. The van der Waals surface area contributed by atoms with Gasteiger partial charge in [-0.3, -0.25) is 4.79 Å². The molecule has 0 aromatic heterocycles. The van der Waals surface area contributed by atoms with Crippen molar-refractivity contribution in [3.8, 4) is 0 Å². The summed E-state index contributed by atoms with van der Waals surface area (Å²) in [5, 5.41) is 0. The molecule has 1 heterocycles. The smallest absolute Gasteiger partial charge is 0.253 e. The van der Waals surface area contributed by atoms with Crippen LogP contribution in [0.15, 0.2) is 24.3 Å². The van der Waals surface area contributed by atoms with Gasteiger partial charge in [0, 0.05) is 18.7 Å². The molecule has 110 valence electrons. The lowest BCUT2D eigenvalue weighted by Gasteiger charge is -2.27. The Balaban J connectivity index is 2.07. The molecule has 2 N–H and O–H groups in total. The van der Waals surface area contributed by atoms with Gasteiger partial charge < -0.3 is 10.6 Å². The van der Waals surface area contributed by atoms with Crippen molar-refractivity contribution in [2.24, 2.45) is 17.1 Å². The number of likely N-dealkylation sites (tertiary alicyclic amines) is 1. The van der Waals surface area contributed by atoms with Gasteiger partial charge >= 0.3 is 0 Å². The van der Waals surface area contributed by atoms with Crippen molar-refractivity contribution >= 4 is 5.91 Å². The van der Waals surface area contributed by atoms with Crippen LogP contribution in [0.25, 0.3) is 0 Å². The minimum atomic E-state index is 0.163. The number of benzene rings is 1. The highest BCUT2D eigenvalue weighted by atomic mass is 16.2. The van der Waals surface area contributed by atoms with Crippen molar-refractivity contribution in [1.29, 1.82) is 0 Å². The van der Waals surface area contributed by atoms with Crippen LogP contribution in [0.1, 0.15) is 43.1 Å². The Morgan fingerprint density at radius 2 is 2.15 bits per heavy atom. The lowest BCUT2D eigenvalue weighted by atomic mass is 9.80. The van der Waals surface area contributed by atoms with E-state index in [1.165, 1.54) is 0 Å². The summed E-state index contributed by atoms with van der Waals surface area (Å²) >= 11 is 0. The van der Waals surface area contributed by atoms with E-state index in [1.807, 2.05) is 29.2 Å². The molecule has 1 aromatic rings. The molecule has 1 fully saturated rings. The van der Waals surface area contributed by atoms with Crippen molar-refractivity contribution in [3.63, 3.8) is 0 Å². The number of amides is 1. The van der Waals surface area contributed by atoms with Gasteiger partial charge in [-0.05, 0) is 48.4 Å². The summed E-state index contributed by atoms with van der Waals surface area (Å²) in [7, 11) is 0. The Hall–Kier alpha value is -1.35. The summed E-state index contributed by atoms with van der Waals surface area (Å²) in [5.41, 5.74) is 7.79. The molecule has 1 amide bonds. The first-order valence-electron chi connectivity index (χ1n) is 7.50. The Labute approximate surface area is 122 Å². The summed E-state index contributed by atoms with van der Waals surface area (Å²) in [6, 6.07) is 7.88. The van der Waals surface area contributed by atoms with E-state index in [0.29, 0.717) is 12.5 Å². The quantitative estimate of drug-likeness (QED) is 0.921. The molecule has 3 heteroatoms. The van der Waals surface area contributed by atoms with E-state index in [9.17, 15) is 4.79 Å². The van der Waals surface area contributed by atoms with Gasteiger partial charge in [-0.2, -0.15) is 0 Å². The van der Waals surface area contributed by atoms with Gasteiger partial charge in [0.25, 0.3) is 5.91 Å². The first kappa shape index (κ1) is 15.0. The number of hydrogen-bond donors (Lipinski definition) is 1. The van der Waals surface area contributed by atoms with Crippen LogP contribution in [0.3, 0.4) is 0 Å². The molecule has 0 spiro atoms. The van der Waals surface area contributed by atoms with Crippen molar-refractivity contribution in [1.82, 2.24) is 4.90 Å². The third-order valence-corrected chi connectivity index (χ3v) is 4.31. The van der Waals surface area contributed by atoms with Crippen LogP contribution >= 0.6 is 0 Å². The lowest BCUT2D eigenvalue weighted by Crippen LogP contribution is -2.31. The molecule has 1 aliphatic heterocycles. The largest absolute Gasteiger partial charge is 0.338 e. The fraction of sp³-hybridized carbons (Fsp3) is 0.588. The standard InChI is InChI=1S/C17H26N2O/c1-17(2,3)15-8-10-19(12-15)16(20)14-6-4-5-13(11-14)7-9-18/h4-6,11,15H,7-10,12,18H2,1-3H3. The molecule has 20 heavy (non-hydrogen) atoms. The van der Waals surface area contributed by atoms with Gasteiger partial charge in [0.05, 0.1) is 0 Å². The van der Waals surface area contributed by atoms with E-state index in [4.69, 9.17) is 5.73 Å². The average molecular weight is 274 g/mol. The maximum absolute atomic E-state index is 12.6. The minimum absolute atomic E-state index is 0.163. The third-order valence-electron chi connectivity index (χ3n) is 4.31. The molecule has 1 aliphatic rings. The maximum Gasteiger partial charge on any atom is 0.253 e. The highest BCUT2D eigenvalue weighted by Gasteiger charge is 2.34. The van der Waals surface area contributed by atoms with Crippen LogP contribution in [-0.2, 0) is 6.42 Å². The van der Waals surface area contributed by atoms with Crippen molar-refractivity contribution < 1.29 is 4.79 Å². The van der Waals surface area contributed by atoms with E-state index >= 15 is 0 Å². The monoisotopic (exact) mass is 274 g/mol. The van der Waals surface area contributed by atoms with Gasteiger partial charge in [-0.15, -0.1) is 0 Å². The predicted octanol–water partition coefficient (Wildman–Crippen LogP) is 2.70. The summed E-state index contributed by atoms with van der Waals surface area (Å²) in [4.78, 5) is 14.6. The molecule has 1 unspecified atom stereocenters. The number of nitrogens with zero attached hydrogens (tertiary/aromatic N) is 1. The topological polar surface area (TPSA) is 46.3 Å². The summed E-state index contributed by atoms with van der Waals surface area (Å²) in [5.74, 6) is 0.759. The van der Waals surface area contributed by atoms with E-state index in [0.717, 1.165) is 37.1 Å². The third kappa shape index (κ3) is 3.40. The van der Waals surface area contributed by atoms with Gasteiger partial charge in [0.1, 0.15) is 0 Å². The zero-order valence-corrected chi connectivity index (χ0v) is 12.9. The van der Waals surface area contributed by atoms with Crippen LogP contribution in [0.2, 0.25) is 0 Å². The Morgan fingerprint density at radius 3 is 2.75 bits per heavy atom. The highest BCUT2D eigenvalue weighted by Crippen LogP contribution is 2.34. The summed E-state index contributed by atoms with van der Waals surface area (Å²) < 4.78 is 0. The van der Waals surface area contributed by atoms with Crippen molar-refractivity contribution in [2.45, 2.75) is 33.6 Å². The van der Waals surface area contributed by atoms with E-state index in [2.05, 4.69) is 20.8 Å². The van der Waals surface area contributed by atoms with Crippen LogP contribution in [0.5, 0.6) is 0 Å². The molecule has 0 bridgehead atoms. The first-order valence-corrected chi connectivity index (χ1v) is 7.50. The normalized spacial score (nSPS) is 19.4. The second-order valence-corrected chi connectivity index (χ2v) is 6.84. The zero-order chi connectivity index (χ0) is 14.8. The molecule has 1 atom stereocenters. The highest BCUT2D eigenvalue weighted by molar-refractivity contribution is 5.94. The SMILES string of the molecule is CC(C)(C)C1CCN(C(=O)c2cccc(CCN)c2)C1. The van der Waals surface area contributed by atoms with Crippen LogP contribution in [0.4, 0.5) is 0 Å². The van der Waals surface area contributed by atoms with Gasteiger partial charge in [-0.1, -0.05) is 32.9 Å². The number of carbonyl (C=O) groups excluding carboxylic acids is 1. The fourth-order valence-corrected chi connectivity index (χ4v) is 2.86. The molecule has 0 aliphatic carbocycles. The van der Waals surface area contributed by atoms with Crippen LogP contribution < -0.4 is 5.73 Å². The molecule has 2 rings (SSSR count). The molecular weight excluding hydrogens is 248 g/mol. The molecule has 0 radical (unpaired) electrons. The second kappa shape index (κ2) is 5.96. The van der Waals surface area contributed by atoms with E-state index < -0.39 is 0 Å². The Bertz CT molecular complexity index is 476.